The molecule has 1 spiro atoms. The van der Waals surface area contributed by atoms with Gasteiger partial charge in [-0.05, 0) is 30.5 Å². The number of ether oxygens (including phenoxy) is 1. The minimum atomic E-state index is -0.853. The van der Waals surface area contributed by atoms with E-state index in [-0.39, 0.29) is 39.2 Å². The summed E-state index contributed by atoms with van der Waals surface area (Å²) in [4.78, 5) is 58.5. The zero-order valence-corrected chi connectivity index (χ0v) is 27.7. The van der Waals surface area contributed by atoms with E-state index in [4.69, 9.17) is 21.3 Å². The topological polar surface area (TPSA) is 119 Å². The summed E-state index contributed by atoms with van der Waals surface area (Å²) in [5.74, 6) is -0.931. The Balaban J connectivity index is 1.16. The Morgan fingerprint density at radius 3 is 2.44 bits per heavy atom. The lowest BCUT2D eigenvalue weighted by Crippen LogP contribution is -2.72. The second-order valence-electron chi connectivity index (χ2n) is 13.0. The standard InChI is InChI=1S/C35H34ClFN6O5/c1-19(44)42-15-35(16-42)17-43(18-35)27-12-11-20-13-26(39-32(48-4)28(20)27)23-9-5-7-21(29(23)36)22-8-6-10-25(30(22)37)38-31(45)24-14-40(2)34(47)41(3)33(24)46/h5-10,13-14,27H,11-12,15-18H2,1-4H3,(H,38,45)/t27-/m0/s1. The van der Waals surface area contributed by atoms with Crippen LogP contribution in [-0.4, -0.2) is 69.0 Å². The van der Waals surface area contributed by atoms with Crippen molar-refractivity contribution in [2.24, 2.45) is 19.5 Å². The van der Waals surface area contributed by atoms with E-state index in [0.717, 1.165) is 65.5 Å². The van der Waals surface area contributed by atoms with Crippen molar-refractivity contribution < 1.29 is 18.7 Å². The molecule has 13 heteroatoms. The van der Waals surface area contributed by atoms with E-state index in [1.54, 1.807) is 38.3 Å². The number of hydrogen-bond acceptors (Lipinski definition) is 7. The van der Waals surface area contributed by atoms with Gasteiger partial charge in [-0.1, -0.05) is 41.9 Å². The van der Waals surface area contributed by atoms with Gasteiger partial charge in [-0.25, -0.2) is 14.2 Å². The summed E-state index contributed by atoms with van der Waals surface area (Å²) >= 11 is 6.97. The molecular formula is C35H34ClFN6O5. The predicted molar refractivity (Wildman–Crippen MR) is 179 cm³/mol. The van der Waals surface area contributed by atoms with E-state index in [9.17, 15) is 19.2 Å². The first-order valence-electron chi connectivity index (χ1n) is 15.6. The maximum absolute atomic E-state index is 16.0. The molecule has 2 aliphatic heterocycles. The molecule has 1 N–H and O–H groups in total. The average Bonchev–Trinajstić information content (AvgIpc) is 3.45. The van der Waals surface area contributed by atoms with Gasteiger partial charge in [0, 0.05) is 87.1 Å². The summed E-state index contributed by atoms with van der Waals surface area (Å²) in [6.45, 7) is 5.11. The van der Waals surface area contributed by atoms with E-state index in [0.29, 0.717) is 22.7 Å². The highest BCUT2D eigenvalue weighted by molar-refractivity contribution is 6.36. The van der Waals surface area contributed by atoms with Crippen LogP contribution in [0.5, 0.6) is 5.88 Å². The summed E-state index contributed by atoms with van der Waals surface area (Å²) in [5, 5.41) is 2.75. The normalized spacial score (nSPS) is 17.9. The van der Waals surface area contributed by atoms with Gasteiger partial charge < -0.3 is 19.5 Å². The van der Waals surface area contributed by atoms with Crippen molar-refractivity contribution in [2.45, 2.75) is 25.8 Å². The van der Waals surface area contributed by atoms with E-state index in [2.05, 4.69) is 10.2 Å². The second kappa shape index (κ2) is 11.7. The van der Waals surface area contributed by atoms with Crippen molar-refractivity contribution in [3.05, 3.63) is 97.0 Å². The first kappa shape index (κ1) is 31.8. The minimum Gasteiger partial charge on any atom is -0.481 e. The Morgan fingerprint density at radius 1 is 1.04 bits per heavy atom. The number of rotatable bonds is 6. The van der Waals surface area contributed by atoms with Gasteiger partial charge in [-0.15, -0.1) is 0 Å². The molecule has 1 atom stereocenters. The maximum atomic E-state index is 16.0. The van der Waals surface area contributed by atoms with Crippen LogP contribution in [0.25, 0.3) is 22.4 Å². The fraction of sp³-hybridized carbons (Fsp3) is 0.343. The van der Waals surface area contributed by atoms with Crippen LogP contribution < -0.4 is 21.3 Å². The first-order chi connectivity index (χ1) is 22.9. The molecule has 11 nitrogen and oxygen atoms in total. The van der Waals surface area contributed by atoms with Crippen molar-refractivity contribution in [1.29, 1.82) is 0 Å². The van der Waals surface area contributed by atoms with Gasteiger partial charge in [0.05, 0.1) is 23.5 Å². The third-order valence-corrected chi connectivity index (χ3v) is 10.2. The van der Waals surface area contributed by atoms with E-state index < -0.39 is 23.0 Å². The Kier molecular flexibility index (Phi) is 7.75. The monoisotopic (exact) mass is 672 g/mol. The molecule has 2 aromatic carbocycles. The number of aromatic nitrogens is 3. The average molecular weight is 673 g/mol. The van der Waals surface area contributed by atoms with Crippen LogP contribution in [0.3, 0.4) is 0 Å². The van der Waals surface area contributed by atoms with Crippen molar-refractivity contribution >= 4 is 29.1 Å². The molecule has 0 saturated carbocycles. The number of pyridine rings is 1. The van der Waals surface area contributed by atoms with Gasteiger partial charge in [0.2, 0.25) is 11.8 Å². The molecule has 48 heavy (non-hydrogen) atoms. The first-order valence-corrected chi connectivity index (χ1v) is 16.0. The highest BCUT2D eigenvalue weighted by Crippen LogP contribution is 2.50. The number of aryl methyl sites for hydroxylation is 2. The Labute approximate surface area is 280 Å². The molecule has 2 aromatic heterocycles. The lowest BCUT2D eigenvalue weighted by atomic mass is 9.72. The maximum Gasteiger partial charge on any atom is 0.330 e. The number of likely N-dealkylation sites (tertiary alicyclic amines) is 2. The van der Waals surface area contributed by atoms with Crippen LogP contribution in [0.15, 0.2) is 58.3 Å². The highest BCUT2D eigenvalue weighted by Gasteiger charge is 2.55. The molecule has 2 amide bonds. The van der Waals surface area contributed by atoms with Gasteiger partial charge in [0.1, 0.15) is 5.56 Å². The zero-order valence-electron chi connectivity index (χ0n) is 27.0. The van der Waals surface area contributed by atoms with Gasteiger partial charge in [-0.3, -0.25) is 23.9 Å². The number of methoxy groups -OCH3 is 1. The number of fused-ring (bicyclic) bond motifs is 1. The summed E-state index contributed by atoms with van der Waals surface area (Å²) < 4.78 is 23.7. The molecule has 0 radical (unpaired) electrons. The number of halogens is 2. The number of anilines is 1. The van der Waals surface area contributed by atoms with Crippen LogP contribution in [0, 0.1) is 11.2 Å². The molecule has 2 fully saturated rings. The number of nitrogens with zero attached hydrogens (tertiary/aromatic N) is 5. The Bertz CT molecular complexity index is 2130. The van der Waals surface area contributed by atoms with E-state index in [1.807, 2.05) is 17.0 Å². The van der Waals surface area contributed by atoms with Gasteiger partial charge in [0.15, 0.2) is 5.82 Å². The summed E-state index contributed by atoms with van der Waals surface area (Å²) in [5.41, 5.74) is 2.30. The minimum absolute atomic E-state index is 0.125. The molecule has 3 aliphatic rings. The summed E-state index contributed by atoms with van der Waals surface area (Å²) in [7, 11) is 4.29. The van der Waals surface area contributed by atoms with Crippen LogP contribution in [0.2, 0.25) is 5.02 Å². The van der Waals surface area contributed by atoms with Crippen molar-refractivity contribution in [3.8, 4) is 28.3 Å². The molecule has 7 rings (SSSR count). The lowest BCUT2D eigenvalue weighted by molar-refractivity contribution is -0.161. The SMILES string of the molecule is COc1nc(-c2cccc(-c3cccc(NC(=O)c4cn(C)c(=O)n(C)c4=O)c3F)c2Cl)cc2c1[C@@H](N1CC3(CN(C(C)=O)C3)C1)CC2. The van der Waals surface area contributed by atoms with Crippen LogP contribution in [-0.2, 0) is 25.3 Å². The summed E-state index contributed by atoms with van der Waals surface area (Å²) in [6.07, 6.45) is 2.91. The van der Waals surface area contributed by atoms with Gasteiger partial charge >= 0.3 is 5.69 Å². The number of amides is 2. The Hall–Kier alpha value is -4.81. The van der Waals surface area contributed by atoms with E-state index >= 15 is 4.39 Å². The zero-order chi connectivity index (χ0) is 34.1. The van der Waals surface area contributed by atoms with Crippen molar-refractivity contribution in [1.82, 2.24) is 23.9 Å². The molecule has 0 bridgehead atoms. The smallest absolute Gasteiger partial charge is 0.330 e. The van der Waals surface area contributed by atoms with Crippen molar-refractivity contribution in [3.63, 3.8) is 0 Å². The van der Waals surface area contributed by atoms with Gasteiger partial charge in [0.25, 0.3) is 11.5 Å². The number of hydrogen-bond donors (Lipinski definition) is 1. The quantitative estimate of drug-likeness (QED) is 0.329. The largest absolute Gasteiger partial charge is 0.481 e. The molecule has 2 saturated heterocycles. The lowest BCUT2D eigenvalue weighted by Gasteiger charge is -2.61. The number of carbonyl (C=O) groups is 2. The molecule has 4 heterocycles. The number of nitrogens with one attached hydrogen (secondary N) is 1. The predicted octanol–water partition coefficient (Wildman–Crippen LogP) is 4.02. The Morgan fingerprint density at radius 2 is 1.73 bits per heavy atom. The van der Waals surface area contributed by atoms with E-state index in [1.165, 1.54) is 20.2 Å². The molecule has 0 unspecified atom stereocenters. The third kappa shape index (κ3) is 5.10. The van der Waals surface area contributed by atoms with Gasteiger partial charge in [-0.2, -0.15) is 0 Å². The number of benzene rings is 2. The van der Waals surface area contributed by atoms with Crippen LogP contribution in [0.1, 0.15) is 40.9 Å². The van der Waals surface area contributed by atoms with Crippen molar-refractivity contribution in [2.75, 3.05) is 38.6 Å². The molecule has 248 valence electrons. The second-order valence-corrected chi connectivity index (χ2v) is 13.4. The fourth-order valence-electron chi connectivity index (χ4n) is 7.39. The summed E-state index contributed by atoms with van der Waals surface area (Å²) in [6, 6.07) is 12.0. The third-order valence-electron chi connectivity index (χ3n) is 9.84. The molecule has 1 aliphatic carbocycles. The highest BCUT2D eigenvalue weighted by atomic mass is 35.5. The molecule has 4 aromatic rings. The van der Waals surface area contributed by atoms with Crippen LogP contribution >= 0.6 is 11.6 Å². The number of carbonyl (C=O) groups excluding carboxylic acids is 2. The van der Waals surface area contributed by atoms with Crippen LogP contribution in [0.4, 0.5) is 10.1 Å². The fourth-order valence-corrected chi connectivity index (χ4v) is 7.72. The molecular weight excluding hydrogens is 639 g/mol.